The molecule has 0 aliphatic carbocycles. The largest absolute Gasteiger partial charge is 0.318 e. The molecule has 0 spiro atoms. The maximum absolute atomic E-state index is 13.2. The van der Waals surface area contributed by atoms with Crippen LogP contribution in [0.1, 0.15) is 47.8 Å². The van der Waals surface area contributed by atoms with Crippen molar-refractivity contribution in [2.75, 3.05) is 0 Å². The number of nitrogens with zero attached hydrogens (tertiary/aromatic N) is 2. The summed E-state index contributed by atoms with van der Waals surface area (Å²) >= 11 is 1.02. The maximum Gasteiger partial charge on any atom is 0.293 e. The van der Waals surface area contributed by atoms with Crippen LogP contribution in [0.15, 0.2) is 77.7 Å². The standard InChI is InChI=1S/C30H28N2O2S/c1-19(2)22-12-14-26(15-13-22)32-20(3)16-25(21(32)4)17-28-29(33)31(30(34)35-28)18-24-10-7-9-23-8-5-6-11-27(23)24/h5-17,19H,18H2,1-4H3/b28-17+. The Morgan fingerprint density at radius 1 is 0.914 bits per heavy atom. The van der Waals surface area contributed by atoms with Crippen molar-refractivity contribution in [3.05, 3.63) is 106 Å². The second-order valence-corrected chi connectivity index (χ2v) is 10.3. The van der Waals surface area contributed by atoms with Crippen LogP contribution in [0, 0.1) is 13.8 Å². The highest BCUT2D eigenvalue weighted by molar-refractivity contribution is 8.18. The molecular weight excluding hydrogens is 452 g/mol. The van der Waals surface area contributed by atoms with E-state index in [1.54, 1.807) is 0 Å². The van der Waals surface area contributed by atoms with E-state index in [-0.39, 0.29) is 17.7 Å². The number of benzene rings is 3. The second-order valence-electron chi connectivity index (χ2n) is 9.31. The van der Waals surface area contributed by atoms with Crippen molar-refractivity contribution in [1.29, 1.82) is 0 Å². The van der Waals surface area contributed by atoms with Crippen molar-refractivity contribution >= 4 is 39.8 Å². The first kappa shape index (κ1) is 23.2. The molecule has 1 saturated heterocycles. The fourth-order valence-corrected chi connectivity index (χ4v) is 5.55. The molecule has 0 radical (unpaired) electrons. The van der Waals surface area contributed by atoms with Gasteiger partial charge in [0.05, 0.1) is 11.4 Å². The molecule has 4 aromatic rings. The van der Waals surface area contributed by atoms with Crippen LogP contribution in [-0.2, 0) is 11.3 Å². The van der Waals surface area contributed by atoms with E-state index in [9.17, 15) is 9.59 Å². The smallest absolute Gasteiger partial charge is 0.293 e. The monoisotopic (exact) mass is 480 g/mol. The van der Waals surface area contributed by atoms with Gasteiger partial charge >= 0.3 is 0 Å². The molecule has 0 unspecified atom stereocenters. The van der Waals surface area contributed by atoms with Gasteiger partial charge < -0.3 is 4.57 Å². The van der Waals surface area contributed by atoms with Crippen LogP contribution in [-0.4, -0.2) is 20.6 Å². The Hall–Kier alpha value is -3.57. The molecule has 0 N–H and O–H groups in total. The summed E-state index contributed by atoms with van der Waals surface area (Å²) in [5.74, 6) is 0.245. The predicted molar refractivity (Wildman–Crippen MR) is 145 cm³/mol. The zero-order valence-electron chi connectivity index (χ0n) is 20.4. The highest BCUT2D eigenvalue weighted by Gasteiger charge is 2.35. The molecule has 0 atom stereocenters. The van der Waals surface area contributed by atoms with Crippen LogP contribution in [0.4, 0.5) is 4.79 Å². The molecule has 176 valence electrons. The van der Waals surface area contributed by atoms with Gasteiger partial charge in [0.2, 0.25) is 0 Å². The number of rotatable bonds is 5. The summed E-state index contributed by atoms with van der Waals surface area (Å²) in [6, 6.07) is 24.7. The minimum absolute atomic E-state index is 0.229. The minimum Gasteiger partial charge on any atom is -0.318 e. The molecule has 3 aromatic carbocycles. The van der Waals surface area contributed by atoms with E-state index < -0.39 is 0 Å². The highest BCUT2D eigenvalue weighted by atomic mass is 32.2. The van der Waals surface area contributed by atoms with Crippen molar-refractivity contribution in [3.63, 3.8) is 0 Å². The van der Waals surface area contributed by atoms with Gasteiger partial charge in [-0.15, -0.1) is 0 Å². The van der Waals surface area contributed by atoms with Gasteiger partial charge in [-0.2, -0.15) is 0 Å². The second kappa shape index (κ2) is 9.23. The summed E-state index contributed by atoms with van der Waals surface area (Å²) in [5, 5.41) is 1.93. The molecule has 5 heteroatoms. The molecule has 1 aliphatic rings. The normalized spacial score (nSPS) is 15.2. The minimum atomic E-state index is -0.237. The third-order valence-corrected chi connectivity index (χ3v) is 7.56. The lowest BCUT2D eigenvalue weighted by molar-refractivity contribution is -0.123. The SMILES string of the molecule is Cc1cc(/C=C2/SC(=O)N(Cc3cccc4ccccc34)C2=O)c(C)n1-c1ccc(C(C)C)cc1. The van der Waals surface area contributed by atoms with E-state index >= 15 is 0 Å². The number of aryl methyl sites for hydroxylation is 1. The molecule has 2 amide bonds. The van der Waals surface area contributed by atoms with E-state index in [0.717, 1.165) is 50.7 Å². The van der Waals surface area contributed by atoms with E-state index in [1.165, 1.54) is 10.5 Å². The summed E-state index contributed by atoms with van der Waals surface area (Å²) in [6.07, 6.45) is 1.86. The van der Waals surface area contributed by atoms with Crippen LogP contribution in [0.25, 0.3) is 22.5 Å². The van der Waals surface area contributed by atoms with Crippen molar-refractivity contribution in [2.45, 2.75) is 40.2 Å². The zero-order valence-corrected chi connectivity index (χ0v) is 21.2. The highest BCUT2D eigenvalue weighted by Crippen LogP contribution is 2.35. The number of thioether (sulfide) groups is 1. The van der Waals surface area contributed by atoms with Gasteiger partial charge in [0.1, 0.15) is 0 Å². The van der Waals surface area contributed by atoms with Gasteiger partial charge in [-0.25, -0.2) is 0 Å². The summed E-state index contributed by atoms with van der Waals surface area (Å²) in [4.78, 5) is 27.9. The number of amides is 2. The maximum atomic E-state index is 13.2. The Bertz CT molecular complexity index is 1470. The number of carbonyl (C=O) groups excluding carboxylic acids is 2. The number of imide groups is 1. The topological polar surface area (TPSA) is 42.3 Å². The van der Waals surface area contributed by atoms with E-state index in [2.05, 4.69) is 62.6 Å². The number of carbonyl (C=O) groups is 2. The number of aromatic nitrogens is 1. The zero-order chi connectivity index (χ0) is 24.7. The number of hydrogen-bond donors (Lipinski definition) is 0. The van der Waals surface area contributed by atoms with Crippen LogP contribution >= 0.6 is 11.8 Å². The summed E-state index contributed by atoms with van der Waals surface area (Å²) in [6.45, 7) is 8.76. The molecule has 4 nitrogen and oxygen atoms in total. The Labute approximate surface area is 210 Å². The lowest BCUT2D eigenvalue weighted by Crippen LogP contribution is -2.27. The molecular formula is C30H28N2O2S. The van der Waals surface area contributed by atoms with E-state index in [1.807, 2.05) is 48.5 Å². The van der Waals surface area contributed by atoms with Crippen molar-refractivity contribution < 1.29 is 9.59 Å². The predicted octanol–water partition coefficient (Wildman–Crippen LogP) is 7.61. The fraction of sp³-hybridized carbons (Fsp3) is 0.200. The lowest BCUT2D eigenvalue weighted by atomic mass is 10.0. The first-order valence-electron chi connectivity index (χ1n) is 11.8. The van der Waals surface area contributed by atoms with Crippen molar-refractivity contribution in [2.24, 2.45) is 0 Å². The van der Waals surface area contributed by atoms with Crippen molar-refractivity contribution in [1.82, 2.24) is 9.47 Å². The van der Waals surface area contributed by atoms with Crippen molar-refractivity contribution in [3.8, 4) is 5.69 Å². The number of hydrogen-bond acceptors (Lipinski definition) is 3. The van der Waals surface area contributed by atoms with Crippen LogP contribution in [0.2, 0.25) is 0 Å². The van der Waals surface area contributed by atoms with Crippen LogP contribution in [0.5, 0.6) is 0 Å². The molecule has 1 fully saturated rings. The lowest BCUT2D eigenvalue weighted by Gasteiger charge is -2.14. The Morgan fingerprint density at radius 2 is 1.63 bits per heavy atom. The summed E-state index contributed by atoms with van der Waals surface area (Å²) < 4.78 is 2.19. The quantitative estimate of drug-likeness (QED) is 0.276. The van der Waals surface area contributed by atoms with Gasteiger partial charge in [0, 0.05) is 17.1 Å². The molecule has 2 heterocycles. The third-order valence-electron chi connectivity index (χ3n) is 6.66. The molecule has 1 aliphatic heterocycles. The first-order chi connectivity index (χ1) is 16.8. The average Bonchev–Trinajstić information content (AvgIpc) is 3.28. The summed E-state index contributed by atoms with van der Waals surface area (Å²) in [7, 11) is 0. The van der Waals surface area contributed by atoms with Crippen LogP contribution < -0.4 is 0 Å². The first-order valence-corrected chi connectivity index (χ1v) is 12.7. The van der Waals surface area contributed by atoms with Crippen LogP contribution in [0.3, 0.4) is 0 Å². The summed E-state index contributed by atoms with van der Waals surface area (Å²) in [5.41, 5.74) is 6.44. The molecule has 35 heavy (non-hydrogen) atoms. The van der Waals surface area contributed by atoms with E-state index in [0.29, 0.717) is 10.8 Å². The van der Waals surface area contributed by atoms with Gasteiger partial charge in [-0.3, -0.25) is 14.5 Å². The Kier molecular flexibility index (Phi) is 6.12. The molecule has 1 aromatic heterocycles. The Morgan fingerprint density at radius 3 is 2.37 bits per heavy atom. The van der Waals surface area contributed by atoms with Gasteiger partial charge in [-0.05, 0) is 83.3 Å². The fourth-order valence-electron chi connectivity index (χ4n) is 4.72. The molecule has 5 rings (SSSR count). The third kappa shape index (κ3) is 4.32. The molecule has 0 bridgehead atoms. The van der Waals surface area contributed by atoms with Gasteiger partial charge in [0.25, 0.3) is 11.1 Å². The Balaban J connectivity index is 1.43. The van der Waals surface area contributed by atoms with Gasteiger partial charge in [0.15, 0.2) is 0 Å². The molecule has 0 saturated carbocycles. The average molecular weight is 481 g/mol. The van der Waals surface area contributed by atoms with E-state index in [4.69, 9.17) is 0 Å². The van der Waals surface area contributed by atoms with Gasteiger partial charge in [-0.1, -0.05) is 68.4 Å². The number of fused-ring (bicyclic) bond motifs is 1.